The average molecular weight is 291 g/mol. The maximum Gasteiger partial charge on any atom is 0.215 e. The van der Waals surface area contributed by atoms with Gasteiger partial charge in [0.1, 0.15) is 16.2 Å². The molecule has 0 aromatic heterocycles. The van der Waals surface area contributed by atoms with Crippen LogP contribution in [0.2, 0.25) is 0 Å². The smallest absolute Gasteiger partial charge is 0.215 e. The van der Waals surface area contributed by atoms with E-state index < -0.39 is 27.1 Å². The normalized spacial score (nSPS) is 44.3. The van der Waals surface area contributed by atoms with Crippen molar-refractivity contribution in [3.63, 3.8) is 0 Å². The van der Waals surface area contributed by atoms with Crippen molar-refractivity contribution in [2.24, 2.45) is 23.2 Å². The third kappa shape index (κ3) is 2.21. The summed E-state index contributed by atoms with van der Waals surface area (Å²) in [6, 6.07) is 0. The molecule has 110 valence electrons. The van der Waals surface area contributed by atoms with E-state index in [-0.39, 0.29) is 0 Å². The van der Waals surface area contributed by atoms with Crippen molar-refractivity contribution in [1.82, 2.24) is 0 Å². The van der Waals surface area contributed by atoms with Gasteiger partial charge in [-0.1, -0.05) is 0 Å². The fourth-order valence-electron chi connectivity index (χ4n) is 5.31. The van der Waals surface area contributed by atoms with Crippen LogP contribution in [0.15, 0.2) is 0 Å². The highest BCUT2D eigenvalue weighted by molar-refractivity contribution is 7.86. The van der Waals surface area contributed by atoms with Crippen molar-refractivity contribution in [1.29, 1.82) is 0 Å². The summed E-state index contributed by atoms with van der Waals surface area (Å²) in [6.45, 7) is 0. The molecule has 4 aliphatic rings. The molecule has 0 amide bonds. The van der Waals surface area contributed by atoms with Crippen molar-refractivity contribution in [2.75, 3.05) is 7.11 Å². The Bertz CT molecular complexity index is 426. The van der Waals surface area contributed by atoms with Crippen LogP contribution < -0.4 is 0 Å². The van der Waals surface area contributed by atoms with Gasteiger partial charge in [-0.2, -0.15) is 0 Å². The fourth-order valence-corrected chi connectivity index (χ4v) is 6.01. The Morgan fingerprint density at radius 3 is 1.89 bits per heavy atom. The highest BCUT2D eigenvalue weighted by Crippen LogP contribution is 2.62. The van der Waals surface area contributed by atoms with Gasteiger partial charge in [-0.25, -0.2) is 12.8 Å². The maximum absolute atomic E-state index is 14.1. The van der Waals surface area contributed by atoms with Crippen LogP contribution >= 0.6 is 0 Å². The predicted molar refractivity (Wildman–Crippen MR) is 66.0 cm³/mol. The molecule has 0 aromatic rings. The molecule has 6 heteroatoms. The minimum Gasteiger partial charge on any atom is -0.746 e. The number of ether oxygens (including phenoxy) is 1. The molecule has 0 saturated heterocycles. The quantitative estimate of drug-likeness (QED) is 0.744. The second-order valence-electron chi connectivity index (χ2n) is 6.78. The molecule has 4 nitrogen and oxygen atoms in total. The van der Waals surface area contributed by atoms with E-state index in [0.29, 0.717) is 17.8 Å². The summed E-state index contributed by atoms with van der Waals surface area (Å²) in [5.74, 6) is 1.68. The van der Waals surface area contributed by atoms with Gasteiger partial charge in [-0.05, 0) is 56.3 Å². The highest BCUT2D eigenvalue weighted by Gasteiger charge is 2.57. The Balaban J connectivity index is 1.91. The van der Waals surface area contributed by atoms with E-state index in [2.05, 4.69) is 0 Å². The first-order valence-electron chi connectivity index (χ1n) is 6.95. The molecule has 0 spiro atoms. The average Bonchev–Trinajstić information content (AvgIpc) is 2.25. The number of methoxy groups -OCH3 is 1. The van der Waals surface area contributed by atoms with Gasteiger partial charge in [0, 0.05) is 12.5 Å². The van der Waals surface area contributed by atoms with E-state index in [1.54, 1.807) is 0 Å². The molecule has 0 heterocycles. The lowest BCUT2D eigenvalue weighted by Crippen LogP contribution is -2.56. The maximum atomic E-state index is 14.1. The van der Waals surface area contributed by atoms with E-state index in [4.69, 9.17) is 4.74 Å². The molecule has 4 rings (SSSR count). The fraction of sp³-hybridized carbons (Fsp3) is 1.00. The molecule has 4 bridgehead atoms. The van der Waals surface area contributed by atoms with Gasteiger partial charge >= 0.3 is 0 Å². The summed E-state index contributed by atoms with van der Waals surface area (Å²) < 4.78 is 52.3. The molecule has 0 radical (unpaired) electrons. The first kappa shape index (κ1) is 13.8. The Hall–Kier alpha value is -0.200. The largest absolute Gasteiger partial charge is 0.746 e. The second-order valence-corrected chi connectivity index (χ2v) is 8.22. The Kier molecular flexibility index (Phi) is 3.19. The Morgan fingerprint density at radius 1 is 1.16 bits per heavy atom. The van der Waals surface area contributed by atoms with Crippen LogP contribution in [0.4, 0.5) is 4.39 Å². The van der Waals surface area contributed by atoms with Crippen LogP contribution in [0.25, 0.3) is 0 Å². The van der Waals surface area contributed by atoms with E-state index in [9.17, 15) is 17.4 Å². The molecule has 0 aromatic carbocycles. The summed E-state index contributed by atoms with van der Waals surface area (Å²) in [4.78, 5) is 0. The summed E-state index contributed by atoms with van der Waals surface area (Å²) in [5, 5.41) is 0. The zero-order valence-corrected chi connectivity index (χ0v) is 11.9. The van der Waals surface area contributed by atoms with Gasteiger partial charge in [0.2, 0.25) is 5.50 Å². The van der Waals surface area contributed by atoms with Crippen LogP contribution in [0, 0.1) is 23.2 Å². The van der Waals surface area contributed by atoms with Crippen LogP contribution in [0.3, 0.4) is 0 Å². The SMILES string of the molecule is COC(C(F)S(=O)(=O)[O-])C12CC3CC(CC(C3)C1)C2. The molecule has 0 N–H and O–H groups in total. The van der Waals surface area contributed by atoms with Crippen molar-refractivity contribution in [2.45, 2.75) is 50.1 Å². The number of rotatable bonds is 4. The topological polar surface area (TPSA) is 66.4 Å². The lowest BCUT2D eigenvalue weighted by atomic mass is 9.48. The summed E-state index contributed by atoms with van der Waals surface area (Å²) in [6.07, 6.45) is 4.88. The molecule has 2 unspecified atom stereocenters. The monoisotopic (exact) mass is 291 g/mol. The lowest BCUT2D eigenvalue weighted by molar-refractivity contribution is -0.143. The number of halogens is 1. The van der Waals surface area contributed by atoms with E-state index in [1.165, 1.54) is 26.4 Å². The Labute approximate surface area is 113 Å². The van der Waals surface area contributed by atoms with Gasteiger partial charge in [-0.15, -0.1) is 0 Å². The third-order valence-electron chi connectivity index (χ3n) is 5.46. The molecule has 4 aliphatic carbocycles. The summed E-state index contributed by atoms with van der Waals surface area (Å²) in [7, 11) is -3.63. The molecule has 2 atom stereocenters. The van der Waals surface area contributed by atoms with Crippen LogP contribution in [0.5, 0.6) is 0 Å². The summed E-state index contributed by atoms with van der Waals surface area (Å²) >= 11 is 0. The van der Waals surface area contributed by atoms with Gasteiger partial charge in [0.25, 0.3) is 0 Å². The van der Waals surface area contributed by atoms with Gasteiger partial charge in [-0.3, -0.25) is 0 Å². The Morgan fingerprint density at radius 2 is 1.58 bits per heavy atom. The van der Waals surface area contributed by atoms with Crippen molar-refractivity contribution >= 4 is 10.1 Å². The number of hydrogen-bond acceptors (Lipinski definition) is 4. The first-order valence-corrected chi connectivity index (χ1v) is 8.43. The number of alkyl halides is 1. The summed E-state index contributed by atoms with van der Waals surface area (Å²) in [5.41, 5.74) is -2.87. The van der Waals surface area contributed by atoms with Gasteiger partial charge < -0.3 is 9.29 Å². The standard InChI is InChI=1S/C13H21FO4S/c1-18-11(12(14)19(15,16)17)13-5-8-2-9(6-13)4-10(3-8)7-13/h8-12H,2-7H2,1H3,(H,15,16,17)/p-1. The highest BCUT2D eigenvalue weighted by atomic mass is 32.2. The second kappa shape index (κ2) is 4.40. The van der Waals surface area contributed by atoms with Crippen LogP contribution in [-0.2, 0) is 14.9 Å². The van der Waals surface area contributed by atoms with E-state index in [1.807, 2.05) is 0 Å². The zero-order valence-electron chi connectivity index (χ0n) is 11.0. The van der Waals surface area contributed by atoms with E-state index >= 15 is 0 Å². The van der Waals surface area contributed by atoms with Gasteiger partial charge in [0.15, 0.2) is 0 Å². The third-order valence-corrected chi connectivity index (χ3v) is 6.26. The first-order chi connectivity index (χ1) is 8.84. The van der Waals surface area contributed by atoms with Crippen molar-refractivity contribution < 1.29 is 22.1 Å². The predicted octanol–water partition coefficient (Wildman–Crippen LogP) is 2.06. The minimum absolute atomic E-state index is 0.430. The molecule has 4 saturated carbocycles. The molecular weight excluding hydrogens is 271 g/mol. The molecular formula is C13H20FO4S-. The van der Waals surface area contributed by atoms with Crippen molar-refractivity contribution in [3.8, 4) is 0 Å². The lowest BCUT2D eigenvalue weighted by Gasteiger charge is -2.59. The van der Waals surface area contributed by atoms with E-state index in [0.717, 1.165) is 19.3 Å². The zero-order chi connectivity index (χ0) is 13.8. The van der Waals surface area contributed by atoms with Crippen LogP contribution in [-0.4, -0.2) is 31.7 Å². The van der Waals surface area contributed by atoms with Crippen molar-refractivity contribution in [3.05, 3.63) is 0 Å². The van der Waals surface area contributed by atoms with Crippen LogP contribution in [0.1, 0.15) is 38.5 Å². The molecule has 19 heavy (non-hydrogen) atoms. The number of hydrogen-bond donors (Lipinski definition) is 0. The minimum atomic E-state index is -4.95. The molecule has 4 fully saturated rings. The molecule has 0 aliphatic heterocycles. The van der Waals surface area contributed by atoms with Gasteiger partial charge in [0.05, 0.1) is 0 Å².